The zero-order chi connectivity index (χ0) is 9.80. The minimum absolute atomic E-state index is 0.735. The first-order valence-corrected chi connectivity index (χ1v) is 5.34. The smallest absolute Gasteiger partial charge is 0.0202 e. The lowest BCUT2D eigenvalue weighted by molar-refractivity contribution is 0.760. The maximum Gasteiger partial charge on any atom is 0.0202 e. The topological polar surface area (TPSA) is 24.1 Å². The van der Waals surface area contributed by atoms with Gasteiger partial charge in [-0.15, -0.1) is 0 Å². The Morgan fingerprint density at radius 2 is 2.14 bits per heavy atom. The zero-order valence-corrected chi connectivity index (χ0v) is 8.72. The van der Waals surface area contributed by atoms with Crippen molar-refractivity contribution in [1.29, 1.82) is 0 Å². The summed E-state index contributed by atoms with van der Waals surface area (Å²) >= 11 is 0. The Labute approximate surface area is 85.7 Å². The Bertz CT molecular complexity index is 273. The molecule has 0 radical (unpaired) electrons. The SMILES string of the molecule is CNCc1ccc(C2CCNC2)cc1. The van der Waals surface area contributed by atoms with Gasteiger partial charge in [0.1, 0.15) is 0 Å². The molecule has 0 spiro atoms. The predicted molar refractivity (Wildman–Crippen MR) is 59.4 cm³/mol. The molecule has 1 unspecified atom stereocenters. The summed E-state index contributed by atoms with van der Waals surface area (Å²) in [5.74, 6) is 0.735. The van der Waals surface area contributed by atoms with E-state index in [4.69, 9.17) is 0 Å². The first kappa shape index (κ1) is 9.69. The molecule has 1 atom stereocenters. The highest BCUT2D eigenvalue weighted by atomic mass is 14.9. The highest BCUT2D eigenvalue weighted by Crippen LogP contribution is 2.22. The molecule has 1 aromatic carbocycles. The van der Waals surface area contributed by atoms with Gasteiger partial charge in [-0.2, -0.15) is 0 Å². The Morgan fingerprint density at radius 3 is 2.71 bits per heavy atom. The molecule has 76 valence electrons. The largest absolute Gasteiger partial charge is 0.316 e. The van der Waals surface area contributed by atoms with Gasteiger partial charge < -0.3 is 10.6 Å². The van der Waals surface area contributed by atoms with Crippen LogP contribution in [-0.2, 0) is 6.54 Å². The molecule has 1 aromatic rings. The summed E-state index contributed by atoms with van der Waals surface area (Å²) in [5.41, 5.74) is 2.84. The van der Waals surface area contributed by atoms with Crippen LogP contribution in [0.3, 0.4) is 0 Å². The van der Waals surface area contributed by atoms with E-state index >= 15 is 0 Å². The predicted octanol–water partition coefficient (Wildman–Crippen LogP) is 1.48. The minimum Gasteiger partial charge on any atom is -0.316 e. The molecule has 0 saturated carbocycles. The van der Waals surface area contributed by atoms with Gasteiger partial charge in [0.25, 0.3) is 0 Å². The molecular formula is C12H18N2. The Balaban J connectivity index is 2.05. The highest BCUT2D eigenvalue weighted by molar-refractivity contribution is 5.26. The molecule has 1 heterocycles. The molecule has 1 aliphatic heterocycles. The molecular weight excluding hydrogens is 172 g/mol. The van der Waals surface area contributed by atoms with E-state index in [-0.39, 0.29) is 0 Å². The molecule has 0 bridgehead atoms. The maximum atomic E-state index is 3.40. The van der Waals surface area contributed by atoms with Gasteiger partial charge in [0.05, 0.1) is 0 Å². The van der Waals surface area contributed by atoms with Gasteiger partial charge in [-0.1, -0.05) is 24.3 Å². The van der Waals surface area contributed by atoms with Crippen molar-refractivity contribution in [1.82, 2.24) is 10.6 Å². The van der Waals surface area contributed by atoms with Crippen LogP contribution in [0.2, 0.25) is 0 Å². The molecule has 0 aliphatic carbocycles. The van der Waals surface area contributed by atoms with Gasteiger partial charge in [-0.25, -0.2) is 0 Å². The Morgan fingerprint density at radius 1 is 1.36 bits per heavy atom. The van der Waals surface area contributed by atoms with Crippen LogP contribution >= 0.6 is 0 Å². The first-order valence-electron chi connectivity index (χ1n) is 5.34. The lowest BCUT2D eigenvalue weighted by Gasteiger charge is -2.09. The third kappa shape index (κ3) is 2.14. The molecule has 0 aromatic heterocycles. The van der Waals surface area contributed by atoms with Crippen molar-refractivity contribution < 1.29 is 0 Å². The van der Waals surface area contributed by atoms with Crippen LogP contribution in [0.5, 0.6) is 0 Å². The van der Waals surface area contributed by atoms with Crippen LogP contribution < -0.4 is 10.6 Å². The van der Waals surface area contributed by atoms with Gasteiger partial charge in [0, 0.05) is 13.1 Å². The van der Waals surface area contributed by atoms with E-state index in [1.54, 1.807) is 0 Å². The summed E-state index contributed by atoms with van der Waals surface area (Å²) in [7, 11) is 1.98. The molecule has 2 N–H and O–H groups in total. The fourth-order valence-electron chi connectivity index (χ4n) is 2.05. The van der Waals surface area contributed by atoms with Gasteiger partial charge in [0.15, 0.2) is 0 Å². The third-order valence-electron chi connectivity index (χ3n) is 2.89. The van der Waals surface area contributed by atoms with Gasteiger partial charge in [-0.3, -0.25) is 0 Å². The zero-order valence-electron chi connectivity index (χ0n) is 8.72. The molecule has 2 heteroatoms. The first-order chi connectivity index (χ1) is 6.90. The second-order valence-electron chi connectivity index (χ2n) is 3.96. The minimum atomic E-state index is 0.735. The highest BCUT2D eigenvalue weighted by Gasteiger charge is 2.15. The van der Waals surface area contributed by atoms with Crippen molar-refractivity contribution >= 4 is 0 Å². The van der Waals surface area contributed by atoms with Crippen LogP contribution in [0.25, 0.3) is 0 Å². The summed E-state index contributed by atoms with van der Waals surface area (Å²) in [4.78, 5) is 0. The fraction of sp³-hybridized carbons (Fsp3) is 0.500. The summed E-state index contributed by atoms with van der Waals surface area (Å²) < 4.78 is 0. The van der Waals surface area contributed by atoms with Crippen LogP contribution in [0.1, 0.15) is 23.5 Å². The van der Waals surface area contributed by atoms with E-state index in [1.807, 2.05) is 7.05 Å². The van der Waals surface area contributed by atoms with Crippen LogP contribution in [0.4, 0.5) is 0 Å². The summed E-state index contributed by atoms with van der Waals surface area (Å²) in [6.45, 7) is 3.28. The lowest BCUT2D eigenvalue weighted by atomic mass is 9.97. The average molecular weight is 190 g/mol. The lowest BCUT2D eigenvalue weighted by Crippen LogP contribution is -2.08. The van der Waals surface area contributed by atoms with E-state index in [0.29, 0.717) is 0 Å². The fourth-order valence-corrected chi connectivity index (χ4v) is 2.05. The van der Waals surface area contributed by atoms with E-state index in [2.05, 4.69) is 34.9 Å². The van der Waals surface area contributed by atoms with Gasteiger partial charge in [0.2, 0.25) is 0 Å². The maximum absolute atomic E-state index is 3.40. The molecule has 2 rings (SSSR count). The second-order valence-corrected chi connectivity index (χ2v) is 3.96. The van der Waals surface area contributed by atoms with Crippen molar-refractivity contribution in [2.45, 2.75) is 18.9 Å². The number of rotatable bonds is 3. The van der Waals surface area contributed by atoms with E-state index in [9.17, 15) is 0 Å². The molecule has 1 aliphatic rings. The summed E-state index contributed by atoms with van der Waals surface area (Å²) in [6.07, 6.45) is 1.28. The number of hydrogen-bond donors (Lipinski definition) is 2. The van der Waals surface area contributed by atoms with Crippen LogP contribution in [0.15, 0.2) is 24.3 Å². The second kappa shape index (κ2) is 4.58. The molecule has 1 fully saturated rings. The van der Waals surface area contributed by atoms with Crippen molar-refractivity contribution in [2.75, 3.05) is 20.1 Å². The van der Waals surface area contributed by atoms with Crippen molar-refractivity contribution in [3.8, 4) is 0 Å². The van der Waals surface area contributed by atoms with Crippen LogP contribution in [-0.4, -0.2) is 20.1 Å². The Hall–Kier alpha value is -0.860. The number of nitrogens with one attached hydrogen (secondary N) is 2. The third-order valence-corrected chi connectivity index (χ3v) is 2.89. The van der Waals surface area contributed by atoms with Crippen molar-refractivity contribution in [3.63, 3.8) is 0 Å². The number of hydrogen-bond acceptors (Lipinski definition) is 2. The van der Waals surface area contributed by atoms with Gasteiger partial charge in [-0.05, 0) is 37.1 Å². The average Bonchev–Trinajstić information content (AvgIpc) is 2.72. The van der Waals surface area contributed by atoms with Crippen LogP contribution in [0, 0.1) is 0 Å². The van der Waals surface area contributed by atoms with Gasteiger partial charge >= 0.3 is 0 Å². The Kier molecular flexibility index (Phi) is 3.17. The standard InChI is InChI=1S/C12H18N2/c1-13-8-10-2-4-11(5-3-10)12-6-7-14-9-12/h2-5,12-14H,6-9H2,1H3. The van der Waals surface area contributed by atoms with E-state index in [1.165, 1.54) is 24.1 Å². The molecule has 2 nitrogen and oxygen atoms in total. The molecule has 1 saturated heterocycles. The summed E-state index contributed by atoms with van der Waals surface area (Å²) in [6, 6.07) is 8.99. The number of benzene rings is 1. The summed E-state index contributed by atoms with van der Waals surface area (Å²) in [5, 5.41) is 6.56. The van der Waals surface area contributed by atoms with Crippen molar-refractivity contribution in [2.24, 2.45) is 0 Å². The van der Waals surface area contributed by atoms with Crippen molar-refractivity contribution in [3.05, 3.63) is 35.4 Å². The molecule has 0 amide bonds. The normalized spacial score (nSPS) is 21.4. The molecule has 14 heavy (non-hydrogen) atoms. The quantitative estimate of drug-likeness (QED) is 0.754. The monoisotopic (exact) mass is 190 g/mol. The van der Waals surface area contributed by atoms with E-state index in [0.717, 1.165) is 19.0 Å². The van der Waals surface area contributed by atoms with E-state index < -0.39 is 0 Å².